The monoisotopic (exact) mass is 484 g/mol. The smallest absolute Gasteiger partial charge is 0.246 e. The molecule has 1 spiro atoms. The number of fused-ring (bicyclic) bond motifs is 1. The molecule has 4 heterocycles. The van der Waals surface area contributed by atoms with E-state index in [4.69, 9.17) is 9.26 Å². The van der Waals surface area contributed by atoms with Crippen molar-refractivity contribution in [1.82, 2.24) is 15.4 Å². The van der Waals surface area contributed by atoms with Gasteiger partial charge in [-0.25, -0.2) is 0 Å². The summed E-state index contributed by atoms with van der Waals surface area (Å²) in [6, 6.07) is 0.943. The predicted octanol–water partition coefficient (Wildman–Crippen LogP) is 2.96. The molecule has 5 atom stereocenters. The first-order valence-corrected chi connectivity index (χ1v) is 12.9. The van der Waals surface area contributed by atoms with Gasteiger partial charge in [0.2, 0.25) is 17.7 Å². The first kappa shape index (κ1) is 24.0. The molecular formula is C26H36N4O5. The molecule has 5 rings (SSSR count). The highest BCUT2D eigenvalue weighted by Crippen LogP contribution is 2.59. The lowest BCUT2D eigenvalue weighted by Crippen LogP contribution is -2.56. The molecule has 190 valence electrons. The molecule has 1 aliphatic carbocycles. The zero-order valence-electron chi connectivity index (χ0n) is 21.0. The minimum absolute atomic E-state index is 0.112. The Morgan fingerprint density at radius 2 is 1.94 bits per heavy atom. The van der Waals surface area contributed by atoms with E-state index in [9.17, 15) is 14.4 Å². The van der Waals surface area contributed by atoms with E-state index in [0.717, 1.165) is 32.1 Å². The van der Waals surface area contributed by atoms with Crippen molar-refractivity contribution in [3.05, 3.63) is 24.0 Å². The van der Waals surface area contributed by atoms with Crippen molar-refractivity contribution in [1.29, 1.82) is 0 Å². The summed E-state index contributed by atoms with van der Waals surface area (Å²) in [5.74, 6) is -1.07. The highest BCUT2D eigenvalue weighted by atomic mass is 16.5. The summed E-state index contributed by atoms with van der Waals surface area (Å²) in [5.41, 5.74) is -2.15. The Morgan fingerprint density at radius 1 is 1.20 bits per heavy atom. The summed E-state index contributed by atoms with van der Waals surface area (Å²) in [5, 5.41) is 9.87. The fraction of sp³-hybridized carbons (Fsp3) is 0.692. The average molecular weight is 485 g/mol. The molecule has 2 N–H and O–H groups in total. The molecule has 9 nitrogen and oxygen atoms in total. The van der Waals surface area contributed by atoms with Crippen LogP contribution in [0.4, 0.5) is 5.82 Å². The van der Waals surface area contributed by atoms with Crippen LogP contribution >= 0.6 is 0 Å². The highest BCUT2D eigenvalue weighted by molar-refractivity contribution is 6.03. The molecule has 2 bridgehead atoms. The van der Waals surface area contributed by atoms with E-state index in [0.29, 0.717) is 24.0 Å². The normalized spacial score (nSPS) is 34.0. The van der Waals surface area contributed by atoms with Gasteiger partial charge in [0, 0.05) is 18.7 Å². The molecule has 3 fully saturated rings. The largest absolute Gasteiger partial charge is 0.360 e. The first-order chi connectivity index (χ1) is 16.6. The lowest BCUT2D eigenvalue weighted by atomic mass is 9.70. The van der Waals surface area contributed by atoms with Crippen molar-refractivity contribution in [2.24, 2.45) is 17.8 Å². The molecule has 0 unspecified atom stereocenters. The van der Waals surface area contributed by atoms with E-state index in [1.54, 1.807) is 17.9 Å². The molecule has 1 aromatic rings. The number of carbonyl (C=O) groups excluding carboxylic acids is 3. The fourth-order valence-corrected chi connectivity index (χ4v) is 6.42. The van der Waals surface area contributed by atoms with Gasteiger partial charge < -0.3 is 24.8 Å². The maximum Gasteiger partial charge on any atom is 0.246 e. The Labute approximate surface area is 206 Å². The van der Waals surface area contributed by atoms with Gasteiger partial charge in [-0.1, -0.05) is 50.4 Å². The maximum atomic E-state index is 13.9. The second-order valence-electron chi connectivity index (χ2n) is 11.2. The SMILES string of the molecule is Cc1cc(NC(=O)[C@H]2[C@@H]3C(=O)N(CCC(C)C)[C@H](C(=O)NC4CCCCC4)[C@@]34C=C[C@]2(C)O4)no1. The van der Waals surface area contributed by atoms with E-state index < -0.39 is 29.1 Å². The summed E-state index contributed by atoms with van der Waals surface area (Å²) < 4.78 is 11.6. The number of nitrogens with zero attached hydrogens (tertiary/aromatic N) is 2. The van der Waals surface area contributed by atoms with Crippen molar-refractivity contribution in [2.75, 3.05) is 11.9 Å². The van der Waals surface area contributed by atoms with Gasteiger partial charge in [0.1, 0.15) is 17.4 Å². The lowest BCUT2D eigenvalue weighted by Gasteiger charge is -2.35. The van der Waals surface area contributed by atoms with Crippen molar-refractivity contribution in [2.45, 2.75) is 89.5 Å². The van der Waals surface area contributed by atoms with Crippen molar-refractivity contribution < 1.29 is 23.6 Å². The van der Waals surface area contributed by atoms with Crippen LogP contribution in [0.25, 0.3) is 0 Å². The third-order valence-electron chi connectivity index (χ3n) is 8.11. The number of likely N-dealkylation sites (tertiary alicyclic amines) is 1. The van der Waals surface area contributed by atoms with E-state index in [1.807, 2.05) is 19.1 Å². The topological polar surface area (TPSA) is 114 Å². The molecule has 2 saturated heterocycles. The third-order valence-corrected chi connectivity index (χ3v) is 8.11. The van der Waals surface area contributed by atoms with Crippen LogP contribution in [-0.4, -0.2) is 57.6 Å². The molecule has 35 heavy (non-hydrogen) atoms. The van der Waals surface area contributed by atoms with Gasteiger partial charge in [0.05, 0.1) is 17.4 Å². The number of aromatic nitrogens is 1. The Hall–Kier alpha value is -2.68. The van der Waals surface area contributed by atoms with Gasteiger partial charge in [-0.2, -0.15) is 0 Å². The van der Waals surface area contributed by atoms with Crippen LogP contribution in [0.3, 0.4) is 0 Å². The van der Waals surface area contributed by atoms with Gasteiger partial charge in [0.15, 0.2) is 5.82 Å². The van der Waals surface area contributed by atoms with Crippen LogP contribution in [0.1, 0.15) is 65.1 Å². The number of nitrogens with one attached hydrogen (secondary N) is 2. The van der Waals surface area contributed by atoms with E-state index in [-0.39, 0.29) is 23.8 Å². The Balaban J connectivity index is 1.46. The van der Waals surface area contributed by atoms with Gasteiger partial charge in [-0.05, 0) is 39.0 Å². The zero-order chi connectivity index (χ0) is 25.0. The molecule has 0 aromatic carbocycles. The number of hydrogen-bond donors (Lipinski definition) is 2. The van der Waals surface area contributed by atoms with Gasteiger partial charge in [0.25, 0.3) is 0 Å². The summed E-state index contributed by atoms with van der Waals surface area (Å²) >= 11 is 0. The number of anilines is 1. The van der Waals surface area contributed by atoms with Crippen LogP contribution in [0.5, 0.6) is 0 Å². The fourth-order valence-electron chi connectivity index (χ4n) is 6.42. The number of aryl methyl sites for hydroxylation is 1. The third kappa shape index (κ3) is 3.97. The minimum atomic E-state index is -1.16. The average Bonchev–Trinajstić information content (AvgIpc) is 3.50. The van der Waals surface area contributed by atoms with Gasteiger partial charge in [-0.3, -0.25) is 14.4 Å². The van der Waals surface area contributed by atoms with Crippen LogP contribution < -0.4 is 10.6 Å². The van der Waals surface area contributed by atoms with Gasteiger partial charge in [-0.15, -0.1) is 0 Å². The number of ether oxygens (including phenoxy) is 1. The standard InChI is InChI=1S/C26H36N4O5/c1-15(2)10-13-30-21(23(32)27-17-8-6-5-7-9-17)26-12-11-25(4,35-26)19(20(26)24(30)33)22(31)28-18-14-16(3)34-29-18/h11-12,14-15,17,19-21H,5-10,13H2,1-4H3,(H,27,32)(H,28,29,31)/t19-,20-,21-,25+,26-/m1/s1. The summed E-state index contributed by atoms with van der Waals surface area (Å²) in [7, 11) is 0. The first-order valence-electron chi connectivity index (χ1n) is 12.9. The second kappa shape index (κ2) is 8.76. The predicted molar refractivity (Wildman–Crippen MR) is 128 cm³/mol. The van der Waals surface area contributed by atoms with Gasteiger partial charge >= 0.3 is 0 Å². The zero-order valence-corrected chi connectivity index (χ0v) is 21.0. The van der Waals surface area contributed by atoms with Crippen molar-refractivity contribution in [3.8, 4) is 0 Å². The number of amides is 3. The Bertz CT molecular complexity index is 1040. The van der Waals surface area contributed by atoms with Crippen molar-refractivity contribution in [3.63, 3.8) is 0 Å². The molecule has 0 radical (unpaired) electrons. The molecule has 1 aromatic heterocycles. The minimum Gasteiger partial charge on any atom is -0.360 e. The van der Waals surface area contributed by atoms with Crippen molar-refractivity contribution >= 4 is 23.5 Å². The molecule has 4 aliphatic rings. The Morgan fingerprint density at radius 3 is 2.60 bits per heavy atom. The molecule has 1 saturated carbocycles. The summed E-state index contributed by atoms with van der Waals surface area (Å²) in [6.07, 6.45) is 9.75. The molecule has 3 aliphatic heterocycles. The van der Waals surface area contributed by atoms with E-state index in [2.05, 4.69) is 29.6 Å². The van der Waals surface area contributed by atoms with E-state index >= 15 is 0 Å². The number of hydrogen-bond acceptors (Lipinski definition) is 6. The molecular weight excluding hydrogens is 448 g/mol. The second-order valence-corrected chi connectivity index (χ2v) is 11.2. The summed E-state index contributed by atoms with van der Waals surface area (Å²) in [6.45, 7) is 8.19. The van der Waals surface area contributed by atoms with Crippen LogP contribution in [0.2, 0.25) is 0 Å². The van der Waals surface area contributed by atoms with E-state index in [1.165, 1.54) is 6.42 Å². The Kier molecular flexibility index (Phi) is 6.02. The van der Waals surface area contributed by atoms with Crippen LogP contribution in [0, 0.1) is 24.7 Å². The summed E-state index contributed by atoms with van der Waals surface area (Å²) in [4.78, 5) is 42.9. The molecule has 9 heteroatoms. The highest BCUT2D eigenvalue weighted by Gasteiger charge is 2.76. The number of rotatable bonds is 7. The lowest BCUT2D eigenvalue weighted by molar-refractivity contribution is -0.144. The van der Waals surface area contributed by atoms with Crippen LogP contribution in [-0.2, 0) is 19.1 Å². The quantitative estimate of drug-likeness (QED) is 0.575. The maximum absolute atomic E-state index is 13.9. The number of carbonyl (C=O) groups is 3. The van der Waals surface area contributed by atoms with Crippen LogP contribution in [0.15, 0.2) is 22.7 Å². The molecule has 3 amide bonds.